The quantitative estimate of drug-likeness (QED) is 0.189. The number of benzene rings is 3. The molecule has 0 aromatic heterocycles. The number of hydrogen-bond donors (Lipinski definition) is 0. The van der Waals surface area contributed by atoms with E-state index in [-0.39, 0.29) is 35.3 Å². The van der Waals surface area contributed by atoms with Crippen molar-refractivity contribution in [2.24, 2.45) is 5.92 Å². The summed E-state index contributed by atoms with van der Waals surface area (Å²) in [6.45, 7) is 4.14. The summed E-state index contributed by atoms with van der Waals surface area (Å²) in [4.78, 5) is 0. The average molecular weight is 525 g/mol. The van der Waals surface area contributed by atoms with Crippen LogP contribution >= 0.6 is 0 Å². The van der Waals surface area contributed by atoms with Crippen LogP contribution in [0.5, 0.6) is 5.75 Å². The Hall–Kier alpha value is -3.08. The van der Waals surface area contributed by atoms with Crippen LogP contribution in [0, 0.1) is 29.2 Å². The summed E-state index contributed by atoms with van der Waals surface area (Å²) in [5, 5.41) is 0. The van der Waals surface area contributed by atoms with Gasteiger partial charge in [0, 0.05) is 11.1 Å². The predicted octanol–water partition coefficient (Wildman–Crippen LogP) is 10.0. The first-order valence-corrected chi connectivity index (χ1v) is 13.8. The third-order valence-corrected chi connectivity index (χ3v) is 7.58. The van der Waals surface area contributed by atoms with Gasteiger partial charge in [-0.15, -0.1) is 0 Å². The molecule has 0 unspecified atom stereocenters. The maximum atomic E-state index is 15.2. The Kier molecular flexibility index (Phi) is 9.65. The van der Waals surface area contributed by atoms with Crippen molar-refractivity contribution in [3.8, 4) is 16.9 Å². The van der Waals surface area contributed by atoms with Gasteiger partial charge >= 0.3 is 0 Å². The molecule has 0 aliphatic heterocycles. The Morgan fingerprint density at radius 3 is 2.18 bits per heavy atom. The van der Waals surface area contributed by atoms with Crippen LogP contribution in [-0.2, 0) is 6.42 Å². The van der Waals surface area contributed by atoms with E-state index in [0.717, 1.165) is 32.1 Å². The highest BCUT2D eigenvalue weighted by Gasteiger charge is 2.26. The molecule has 0 bridgehead atoms. The number of ether oxygens (including phenoxy) is 1. The van der Waals surface area contributed by atoms with Crippen LogP contribution < -0.4 is 4.74 Å². The van der Waals surface area contributed by atoms with Crippen LogP contribution in [0.4, 0.5) is 17.6 Å². The minimum atomic E-state index is -0.985. The lowest BCUT2D eigenvalue weighted by Crippen LogP contribution is -2.13. The molecule has 0 radical (unpaired) electrons. The second kappa shape index (κ2) is 13.1. The fourth-order valence-corrected chi connectivity index (χ4v) is 5.34. The Morgan fingerprint density at radius 2 is 1.50 bits per heavy atom. The van der Waals surface area contributed by atoms with Gasteiger partial charge in [0.05, 0.1) is 6.61 Å². The molecule has 0 atom stereocenters. The molecule has 5 heteroatoms. The lowest BCUT2D eigenvalue weighted by atomic mass is 9.78. The number of allylic oxidation sites excluding steroid dienone is 1. The summed E-state index contributed by atoms with van der Waals surface area (Å²) in [6.07, 6.45) is 10.9. The van der Waals surface area contributed by atoms with Crippen molar-refractivity contribution in [1.29, 1.82) is 0 Å². The molecule has 0 heterocycles. The van der Waals surface area contributed by atoms with Gasteiger partial charge in [0.1, 0.15) is 0 Å². The SMILES string of the molecule is CCCCCc1ccc(-c2ccc(C3CCC(C=Cc4ccc(OCC)c(F)c4F)CC3)c(F)c2F)cc1. The fourth-order valence-electron chi connectivity index (χ4n) is 5.34. The van der Waals surface area contributed by atoms with Crippen molar-refractivity contribution >= 4 is 6.08 Å². The number of halogens is 4. The standard InChI is InChI=1S/C33H36F4O/c1-3-5-6-7-22-8-13-24(14-9-22)27-19-20-28(32(36)31(27)35)25-15-10-23(11-16-25)12-17-26-18-21-29(38-4-2)33(37)30(26)34/h8-9,12-14,17-21,23,25H,3-7,10-11,15-16H2,1-2H3. The molecule has 3 aromatic carbocycles. The molecule has 202 valence electrons. The molecule has 1 saturated carbocycles. The van der Waals surface area contributed by atoms with Gasteiger partial charge in [-0.25, -0.2) is 13.2 Å². The van der Waals surface area contributed by atoms with E-state index in [2.05, 4.69) is 6.92 Å². The van der Waals surface area contributed by atoms with Crippen molar-refractivity contribution in [1.82, 2.24) is 0 Å². The molecule has 0 saturated heterocycles. The third-order valence-electron chi connectivity index (χ3n) is 7.58. The lowest BCUT2D eigenvalue weighted by molar-refractivity contribution is 0.314. The molecule has 0 N–H and O–H groups in total. The van der Waals surface area contributed by atoms with Crippen LogP contribution in [0.25, 0.3) is 17.2 Å². The van der Waals surface area contributed by atoms with Gasteiger partial charge < -0.3 is 4.74 Å². The normalized spacial score (nSPS) is 17.7. The summed E-state index contributed by atoms with van der Waals surface area (Å²) in [7, 11) is 0. The Morgan fingerprint density at radius 1 is 0.763 bits per heavy atom. The van der Waals surface area contributed by atoms with Gasteiger partial charge in [-0.2, -0.15) is 4.39 Å². The number of rotatable bonds is 10. The maximum Gasteiger partial charge on any atom is 0.201 e. The molecule has 3 aromatic rings. The van der Waals surface area contributed by atoms with Crippen molar-refractivity contribution in [2.45, 2.75) is 71.1 Å². The summed E-state index contributed by atoms with van der Waals surface area (Å²) in [5.74, 6) is -3.46. The van der Waals surface area contributed by atoms with Crippen molar-refractivity contribution in [3.05, 3.63) is 94.6 Å². The first-order chi connectivity index (χ1) is 18.4. The molecule has 1 nitrogen and oxygen atoms in total. The molecule has 38 heavy (non-hydrogen) atoms. The van der Waals surface area contributed by atoms with Crippen molar-refractivity contribution < 1.29 is 22.3 Å². The van der Waals surface area contributed by atoms with E-state index in [1.807, 2.05) is 30.3 Å². The van der Waals surface area contributed by atoms with E-state index in [1.54, 1.807) is 25.1 Å². The zero-order valence-corrected chi connectivity index (χ0v) is 22.2. The van der Waals surface area contributed by atoms with E-state index < -0.39 is 23.3 Å². The van der Waals surface area contributed by atoms with Crippen LogP contribution in [0.2, 0.25) is 0 Å². The van der Waals surface area contributed by atoms with E-state index >= 15 is 8.78 Å². The van der Waals surface area contributed by atoms with Crippen molar-refractivity contribution in [2.75, 3.05) is 6.61 Å². The van der Waals surface area contributed by atoms with Gasteiger partial charge in [-0.05, 0) is 86.1 Å². The molecule has 1 fully saturated rings. The van der Waals surface area contributed by atoms with E-state index in [9.17, 15) is 8.78 Å². The van der Waals surface area contributed by atoms with Gasteiger partial charge in [0.15, 0.2) is 23.2 Å². The summed E-state index contributed by atoms with van der Waals surface area (Å²) >= 11 is 0. The van der Waals surface area contributed by atoms with Crippen LogP contribution in [-0.4, -0.2) is 6.61 Å². The van der Waals surface area contributed by atoms with Gasteiger partial charge in [0.25, 0.3) is 0 Å². The Labute approximate surface area is 223 Å². The van der Waals surface area contributed by atoms with Crippen molar-refractivity contribution in [3.63, 3.8) is 0 Å². The molecular formula is C33H36F4O. The van der Waals surface area contributed by atoms with Crippen LogP contribution in [0.3, 0.4) is 0 Å². The Balaban J connectivity index is 1.39. The van der Waals surface area contributed by atoms with Crippen LogP contribution in [0.1, 0.15) is 81.4 Å². The highest BCUT2D eigenvalue weighted by atomic mass is 19.2. The van der Waals surface area contributed by atoms with Gasteiger partial charge in [0.2, 0.25) is 5.82 Å². The molecule has 1 aliphatic rings. The highest BCUT2D eigenvalue weighted by molar-refractivity contribution is 5.65. The van der Waals surface area contributed by atoms with E-state index in [1.165, 1.54) is 24.1 Å². The van der Waals surface area contributed by atoms with E-state index in [0.29, 0.717) is 24.0 Å². The van der Waals surface area contributed by atoms with Gasteiger partial charge in [-0.3, -0.25) is 0 Å². The number of unbranched alkanes of at least 4 members (excludes halogenated alkanes) is 2. The smallest absolute Gasteiger partial charge is 0.201 e. The number of aryl methyl sites for hydroxylation is 1. The second-order valence-electron chi connectivity index (χ2n) is 10.2. The average Bonchev–Trinajstić information content (AvgIpc) is 2.93. The lowest BCUT2D eigenvalue weighted by Gasteiger charge is -2.27. The summed E-state index contributed by atoms with van der Waals surface area (Å²) in [6, 6.07) is 14.1. The first-order valence-electron chi connectivity index (χ1n) is 13.8. The zero-order chi connectivity index (χ0) is 27.1. The summed E-state index contributed by atoms with van der Waals surface area (Å²) in [5.41, 5.74) is 2.77. The summed E-state index contributed by atoms with van der Waals surface area (Å²) < 4.78 is 63.9. The monoisotopic (exact) mass is 524 g/mol. The maximum absolute atomic E-state index is 15.2. The molecular weight excluding hydrogens is 488 g/mol. The first kappa shape index (κ1) is 27.9. The topological polar surface area (TPSA) is 9.23 Å². The largest absolute Gasteiger partial charge is 0.491 e. The fraction of sp³-hybridized carbons (Fsp3) is 0.394. The zero-order valence-electron chi connectivity index (χ0n) is 22.2. The van der Waals surface area contributed by atoms with Gasteiger partial charge in [-0.1, -0.05) is 68.3 Å². The second-order valence-corrected chi connectivity index (χ2v) is 10.2. The minimum Gasteiger partial charge on any atom is -0.491 e. The molecule has 1 aliphatic carbocycles. The minimum absolute atomic E-state index is 0.0659. The highest BCUT2D eigenvalue weighted by Crippen LogP contribution is 2.39. The number of hydrogen-bond acceptors (Lipinski definition) is 1. The third kappa shape index (κ3) is 6.48. The Bertz CT molecular complexity index is 1240. The molecule has 0 spiro atoms. The molecule has 4 rings (SSSR count). The predicted molar refractivity (Wildman–Crippen MR) is 146 cm³/mol. The molecule has 0 amide bonds. The van der Waals surface area contributed by atoms with E-state index in [4.69, 9.17) is 4.74 Å². The van der Waals surface area contributed by atoms with Crippen LogP contribution in [0.15, 0.2) is 54.6 Å².